The number of nitrogens with zero attached hydrogens (tertiary/aromatic N) is 4. The summed E-state index contributed by atoms with van der Waals surface area (Å²) < 4.78 is 0.634. The smallest absolute Gasteiger partial charge is 0.196 e. The summed E-state index contributed by atoms with van der Waals surface area (Å²) in [5.74, 6) is 0.731. The highest BCUT2D eigenvalue weighted by Gasteiger charge is 1.90. The third-order valence-electron chi connectivity index (χ3n) is 1.64. The van der Waals surface area contributed by atoms with Gasteiger partial charge in [0, 0.05) is 37.6 Å². The Balaban J connectivity index is 0.000000181. The number of hydrogen-bond acceptors (Lipinski definition) is 5. The molecule has 0 amide bonds. The second kappa shape index (κ2) is 8.46. The quantitative estimate of drug-likeness (QED) is 0.638. The lowest BCUT2D eigenvalue weighted by Crippen LogP contribution is -1.92. The topological polar surface area (TPSA) is 68.6 Å². The zero-order chi connectivity index (χ0) is 12.3. The van der Waals surface area contributed by atoms with Crippen molar-refractivity contribution in [3.63, 3.8) is 0 Å². The van der Waals surface area contributed by atoms with Crippen LogP contribution in [0.3, 0.4) is 0 Å². The molecule has 0 saturated carbocycles. The van der Waals surface area contributed by atoms with E-state index in [1.165, 1.54) is 0 Å². The van der Waals surface area contributed by atoms with Crippen LogP contribution < -0.4 is 0 Å². The Hall–Kier alpha value is -1.69. The standard InChI is InChI=1S/C7H8N2O.C4H3BrN2/c10-6-1-3-7-8-4-2-5-9-7;5-4-6-2-1-3-7-4/h2,4-6H,1,3H2;1-3H. The van der Waals surface area contributed by atoms with Gasteiger partial charge in [-0.25, -0.2) is 19.9 Å². The van der Waals surface area contributed by atoms with Gasteiger partial charge in [0.25, 0.3) is 0 Å². The van der Waals surface area contributed by atoms with Gasteiger partial charge in [-0.3, -0.25) is 0 Å². The van der Waals surface area contributed by atoms with Crippen molar-refractivity contribution in [2.75, 3.05) is 0 Å². The summed E-state index contributed by atoms with van der Waals surface area (Å²) >= 11 is 3.09. The molecule has 0 aliphatic rings. The molecule has 0 aliphatic heterocycles. The van der Waals surface area contributed by atoms with Crippen molar-refractivity contribution in [3.05, 3.63) is 47.5 Å². The molecule has 0 unspecified atom stereocenters. The van der Waals surface area contributed by atoms with Crippen LogP contribution in [0.5, 0.6) is 0 Å². The number of carbonyl (C=O) groups excluding carboxylic acids is 1. The minimum atomic E-state index is 0.504. The molecule has 2 aromatic heterocycles. The van der Waals surface area contributed by atoms with Crippen molar-refractivity contribution in [1.29, 1.82) is 0 Å². The molecule has 0 aliphatic carbocycles. The van der Waals surface area contributed by atoms with Crippen LogP contribution in [0.25, 0.3) is 0 Å². The number of carbonyl (C=O) groups is 1. The Labute approximate surface area is 107 Å². The molecule has 88 valence electrons. The highest BCUT2D eigenvalue weighted by Crippen LogP contribution is 1.94. The molecule has 2 heterocycles. The van der Waals surface area contributed by atoms with Gasteiger partial charge >= 0.3 is 0 Å². The molecule has 17 heavy (non-hydrogen) atoms. The number of halogens is 1. The number of rotatable bonds is 3. The van der Waals surface area contributed by atoms with Gasteiger partial charge in [-0.2, -0.15) is 0 Å². The predicted octanol–water partition coefficient (Wildman–Crippen LogP) is 1.85. The third-order valence-corrected chi connectivity index (χ3v) is 2.05. The Bertz CT molecular complexity index is 424. The first kappa shape index (κ1) is 13.4. The molecule has 2 aromatic rings. The average molecular weight is 295 g/mol. The minimum Gasteiger partial charge on any atom is -0.303 e. The average Bonchev–Trinajstić information content (AvgIpc) is 2.39. The van der Waals surface area contributed by atoms with Crippen molar-refractivity contribution in [3.8, 4) is 0 Å². The van der Waals surface area contributed by atoms with E-state index >= 15 is 0 Å². The molecular formula is C11H11BrN4O. The van der Waals surface area contributed by atoms with Gasteiger partial charge in [0.15, 0.2) is 4.73 Å². The molecule has 0 aromatic carbocycles. The number of aromatic nitrogens is 4. The largest absolute Gasteiger partial charge is 0.303 e. The Morgan fingerprint density at radius 3 is 1.94 bits per heavy atom. The highest BCUT2D eigenvalue weighted by molar-refractivity contribution is 9.10. The van der Waals surface area contributed by atoms with E-state index in [4.69, 9.17) is 0 Å². The fraction of sp³-hybridized carbons (Fsp3) is 0.182. The van der Waals surface area contributed by atoms with E-state index in [1.807, 2.05) is 0 Å². The molecule has 2 rings (SSSR count). The Kier molecular flexibility index (Phi) is 6.66. The summed E-state index contributed by atoms with van der Waals surface area (Å²) in [5.41, 5.74) is 0. The van der Waals surface area contributed by atoms with Crippen molar-refractivity contribution in [1.82, 2.24) is 19.9 Å². The zero-order valence-electron chi connectivity index (χ0n) is 9.03. The van der Waals surface area contributed by atoms with Gasteiger partial charge in [0.05, 0.1) is 0 Å². The summed E-state index contributed by atoms with van der Waals surface area (Å²) in [7, 11) is 0. The molecule has 0 spiro atoms. The van der Waals surface area contributed by atoms with Crippen LogP contribution in [0.2, 0.25) is 0 Å². The second-order valence-electron chi connectivity index (χ2n) is 2.89. The number of aryl methyl sites for hydroxylation is 1. The van der Waals surface area contributed by atoms with Gasteiger partial charge in [-0.15, -0.1) is 0 Å². The molecule has 0 fully saturated rings. The molecule has 0 radical (unpaired) electrons. The monoisotopic (exact) mass is 294 g/mol. The maximum Gasteiger partial charge on any atom is 0.196 e. The molecule has 0 atom stereocenters. The van der Waals surface area contributed by atoms with Gasteiger partial charge in [-0.05, 0) is 28.1 Å². The minimum absolute atomic E-state index is 0.504. The summed E-state index contributed by atoms with van der Waals surface area (Å²) in [6.07, 6.45) is 8.72. The SMILES string of the molecule is Brc1ncccn1.O=CCCc1ncccn1. The lowest BCUT2D eigenvalue weighted by Gasteiger charge is -1.91. The summed E-state index contributed by atoms with van der Waals surface area (Å²) in [4.78, 5) is 25.4. The van der Waals surface area contributed by atoms with E-state index in [-0.39, 0.29) is 0 Å². The Morgan fingerprint density at radius 2 is 1.53 bits per heavy atom. The maximum atomic E-state index is 9.92. The molecule has 0 saturated heterocycles. The molecular weight excluding hydrogens is 284 g/mol. The van der Waals surface area contributed by atoms with Crippen LogP contribution in [-0.4, -0.2) is 26.2 Å². The van der Waals surface area contributed by atoms with Crippen LogP contribution in [0.4, 0.5) is 0 Å². The fourth-order valence-electron chi connectivity index (χ4n) is 0.928. The van der Waals surface area contributed by atoms with E-state index in [0.29, 0.717) is 17.6 Å². The predicted molar refractivity (Wildman–Crippen MR) is 66.1 cm³/mol. The van der Waals surface area contributed by atoms with E-state index in [9.17, 15) is 4.79 Å². The normalized spacial score (nSPS) is 9.00. The van der Waals surface area contributed by atoms with Crippen LogP contribution in [-0.2, 0) is 11.2 Å². The third kappa shape index (κ3) is 6.47. The molecule has 0 N–H and O–H groups in total. The van der Waals surface area contributed by atoms with Crippen molar-refractivity contribution in [2.24, 2.45) is 0 Å². The summed E-state index contributed by atoms with van der Waals surface area (Å²) in [6.45, 7) is 0. The van der Waals surface area contributed by atoms with Crippen molar-refractivity contribution in [2.45, 2.75) is 12.8 Å². The van der Waals surface area contributed by atoms with Gasteiger partial charge in [-0.1, -0.05) is 0 Å². The van der Waals surface area contributed by atoms with E-state index in [0.717, 1.165) is 12.1 Å². The van der Waals surface area contributed by atoms with Gasteiger partial charge in [0.2, 0.25) is 0 Å². The first-order chi connectivity index (χ1) is 8.33. The first-order valence-corrected chi connectivity index (χ1v) is 5.74. The number of aldehydes is 1. The first-order valence-electron chi connectivity index (χ1n) is 4.95. The number of hydrogen-bond donors (Lipinski definition) is 0. The lowest BCUT2D eigenvalue weighted by molar-refractivity contribution is -0.107. The van der Waals surface area contributed by atoms with Crippen LogP contribution in [0.1, 0.15) is 12.2 Å². The van der Waals surface area contributed by atoms with Crippen LogP contribution in [0, 0.1) is 0 Å². The van der Waals surface area contributed by atoms with Crippen LogP contribution in [0.15, 0.2) is 41.7 Å². The van der Waals surface area contributed by atoms with E-state index in [2.05, 4.69) is 35.9 Å². The van der Waals surface area contributed by atoms with E-state index in [1.54, 1.807) is 36.9 Å². The molecule has 6 heteroatoms. The van der Waals surface area contributed by atoms with Crippen molar-refractivity contribution < 1.29 is 4.79 Å². The highest BCUT2D eigenvalue weighted by atomic mass is 79.9. The summed E-state index contributed by atoms with van der Waals surface area (Å²) in [6, 6.07) is 3.52. The summed E-state index contributed by atoms with van der Waals surface area (Å²) in [5, 5.41) is 0. The van der Waals surface area contributed by atoms with Gasteiger partial charge in [0.1, 0.15) is 12.1 Å². The maximum absolute atomic E-state index is 9.92. The van der Waals surface area contributed by atoms with Crippen molar-refractivity contribution >= 4 is 22.2 Å². The second-order valence-corrected chi connectivity index (χ2v) is 3.60. The Morgan fingerprint density at radius 1 is 1.00 bits per heavy atom. The van der Waals surface area contributed by atoms with E-state index < -0.39 is 0 Å². The van der Waals surface area contributed by atoms with Gasteiger partial charge < -0.3 is 4.79 Å². The molecule has 5 nitrogen and oxygen atoms in total. The lowest BCUT2D eigenvalue weighted by atomic mass is 10.3. The van der Waals surface area contributed by atoms with Crippen LogP contribution >= 0.6 is 15.9 Å². The zero-order valence-corrected chi connectivity index (χ0v) is 10.6. The molecule has 0 bridgehead atoms. The fourth-order valence-corrected chi connectivity index (χ4v) is 1.16.